The molecule has 0 bridgehead atoms. The lowest BCUT2D eigenvalue weighted by Crippen LogP contribution is -2.23. The SMILES string of the molecule is COc1ccc(C(C)NC(C)c2ccc(Br)cc2)c(F)c1. The average molecular weight is 352 g/mol. The van der Waals surface area contributed by atoms with Gasteiger partial charge in [-0.1, -0.05) is 34.1 Å². The lowest BCUT2D eigenvalue weighted by Gasteiger charge is -2.21. The number of methoxy groups -OCH3 is 1. The number of rotatable bonds is 5. The van der Waals surface area contributed by atoms with Crippen molar-refractivity contribution in [3.8, 4) is 5.75 Å². The number of hydrogen-bond donors (Lipinski definition) is 1. The number of nitrogens with one attached hydrogen (secondary N) is 1. The van der Waals surface area contributed by atoms with E-state index in [1.165, 1.54) is 18.7 Å². The number of hydrogen-bond acceptors (Lipinski definition) is 2. The molecule has 0 aliphatic heterocycles. The first-order chi connectivity index (χ1) is 10.0. The summed E-state index contributed by atoms with van der Waals surface area (Å²) in [5.74, 6) is 0.279. The molecule has 2 rings (SSSR count). The molecule has 2 aromatic rings. The Morgan fingerprint density at radius 1 is 1.05 bits per heavy atom. The molecule has 4 heteroatoms. The van der Waals surface area contributed by atoms with Crippen molar-refractivity contribution in [2.45, 2.75) is 25.9 Å². The Labute approximate surface area is 133 Å². The van der Waals surface area contributed by atoms with Gasteiger partial charge in [0, 0.05) is 28.2 Å². The fraction of sp³-hybridized carbons (Fsp3) is 0.294. The Morgan fingerprint density at radius 2 is 1.71 bits per heavy atom. The molecule has 0 spiro atoms. The van der Waals surface area contributed by atoms with Crippen molar-refractivity contribution in [2.75, 3.05) is 7.11 Å². The van der Waals surface area contributed by atoms with E-state index in [-0.39, 0.29) is 17.9 Å². The number of ether oxygens (including phenoxy) is 1. The summed E-state index contributed by atoms with van der Waals surface area (Å²) in [6, 6.07) is 13.1. The molecule has 1 N–H and O–H groups in total. The topological polar surface area (TPSA) is 21.3 Å². The summed E-state index contributed by atoms with van der Waals surface area (Å²) >= 11 is 3.42. The van der Waals surface area contributed by atoms with Gasteiger partial charge in [-0.2, -0.15) is 0 Å². The Balaban J connectivity index is 2.10. The fourth-order valence-corrected chi connectivity index (χ4v) is 2.56. The minimum atomic E-state index is -0.252. The van der Waals surface area contributed by atoms with Crippen LogP contribution in [0.15, 0.2) is 46.9 Å². The molecule has 0 amide bonds. The smallest absolute Gasteiger partial charge is 0.131 e. The maximum Gasteiger partial charge on any atom is 0.131 e. The second-order valence-corrected chi connectivity index (χ2v) is 5.96. The predicted molar refractivity (Wildman–Crippen MR) is 87.1 cm³/mol. The van der Waals surface area contributed by atoms with Crippen LogP contribution in [-0.4, -0.2) is 7.11 Å². The lowest BCUT2D eigenvalue weighted by molar-refractivity contribution is 0.408. The highest BCUT2D eigenvalue weighted by Gasteiger charge is 2.15. The normalized spacial score (nSPS) is 13.8. The maximum absolute atomic E-state index is 14.1. The lowest BCUT2D eigenvalue weighted by atomic mass is 10.0. The van der Waals surface area contributed by atoms with Crippen LogP contribution in [0.4, 0.5) is 4.39 Å². The molecule has 0 saturated heterocycles. The first-order valence-electron chi connectivity index (χ1n) is 6.86. The molecular formula is C17H19BrFNO. The van der Waals surface area contributed by atoms with Crippen LogP contribution < -0.4 is 10.1 Å². The quantitative estimate of drug-likeness (QED) is 0.817. The van der Waals surface area contributed by atoms with E-state index in [0.29, 0.717) is 11.3 Å². The van der Waals surface area contributed by atoms with Gasteiger partial charge >= 0.3 is 0 Å². The molecule has 2 atom stereocenters. The molecule has 2 aromatic carbocycles. The van der Waals surface area contributed by atoms with Crippen LogP contribution in [0.5, 0.6) is 5.75 Å². The first-order valence-corrected chi connectivity index (χ1v) is 7.65. The van der Waals surface area contributed by atoms with E-state index in [4.69, 9.17) is 4.74 Å². The molecule has 0 fully saturated rings. The van der Waals surface area contributed by atoms with E-state index in [1.54, 1.807) is 12.1 Å². The average Bonchev–Trinajstić information content (AvgIpc) is 2.47. The summed E-state index contributed by atoms with van der Waals surface area (Å²) in [6.07, 6.45) is 0. The van der Waals surface area contributed by atoms with Gasteiger partial charge in [0.05, 0.1) is 7.11 Å². The number of benzene rings is 2. The highest BCUT2D eigenvalue weighted by molar-refractivity contribution is 9.10. The zero-order valence-electron chi connectivity index (χ0n) is 12.4. The van der Waals surface area contributed by atoms with Gasteiger partial charge in [-0.25, -0.2) is 4.39 Å². The van der Waals surface area contributed by atoms with E-state index in [0.717, 1.165) is 4.47 Å². The second kappa shape index (κ2) is 7.05. The molecule has 112 valence electrons. The van der Waals surface area contributed by atoms with Crippen LogP contribution in [0.3, 0.4) is 0 Å². The molecule has 0 aromatic heterocycles. The van der Waals surface area contributed by atoms with Crippen molar-refractivity contribution < 1.29 is 9.13 Å². The molecule has 0 heterocycles. The molecule has 2 unspecified atom stereocenters. The van der Waals surface area contributed by atoms with Crippen molar-refractivity contribution in [3.63, 3.8) is 0 Å². The highest BCUT2D eigenvalue weighted by Crippen LogP contribution is 2.25. The van der Waals surface area contributed by atoms with Gasteiger partial charge < -0.3 is 10.1 Å². The first kappa shape index (κ1) is 16.0. The number of halogens is 2. The van der Waals surface area contributed by atoms with Gasteiger partial charge in [-0.05, 0) is 37.6 Å². The van der Waals surface area contributed by atoms with E-state index in [2.05, 4.69) is 40.3 Å². The van der Waals surface area contributed by atoms with Crippen molar-refractivity contribution in [2.24, 2.45) is 0 Å². The molecule has 21 heavy (non-hydrogen) atoms. The van der Waals surface area contributed by atoms with Crippen molar-refractivity contribution in [1.82, 2.24) is 5.32 Å². The van der Waals surface area contributed by atoms with Gasteiger partial charge in [-0.3, -0.25) is 0 Å². The van der Waals surface area contributed by atoms with Gasteiger partial charge in [0.15, 0.2) is 0 Å². The second-order valence-electron chi connectivity index (χ2n) is 5.05. The standard InChI is InChI=1S/C17H19BrFNO/c1-11(13-4-6-14(18)7-5-13)20-12(2)16-9-8-15(21-3)10-17(16)19/h4-12,20H,1-3H3. The summed E-state index contributed by atoms with van der Waals surface area (Å²) in [7, 11) is 1.53. The van der Waals surface area contributed by atoms with E-state index in [1.807, 2.05) is 19.1 Å². The Hall–Kier alpha value is -1.39. The summed E-state index contributed by atoms with van der Waals surface area (Å²) in [4.78, 5) is 0. The summed E-state index contributed by atoms with van der Waals surface area (Å²) in [5, 5.41) is 3.41. The third kappa shape index (κ3) is 4.05. The van der Waals surface area contributed by atoms with Crippen molar-refractivity contribution in [1.29, 1.82) is 0 Å². The highest BCUT2D eigenvalue weighted by atomic mass is 79.9. The van der Waals surface area contributed by atoms with Crippen LogP contribution in [-0.2, 0) is 0 Å². The van der Waals surface area contributed by atoms with E-state index < -0.39 is 0 Å². The van der Waals surface area contributed by atoms with Gasteiger partial charge in [0.2, 0.25) is 0 Å². The van der Waals surface area contributed by atoms with Gasteiger partial charge in [-0.15, -0.1) is 0 Å². The Bertz CT molecular complexity index is 600. The molecule has 0 aliphatic rings. The van der Waals surface area contributed by atoms with Crippen molar-refractivity contribution in [3.05, 3.63) is 63.9 Å². The van der Waals surface area contributed by atoms with Crippen LogP contribution >= 0.6 is 15.9 Å². The third-order valence-electron chi connectivity index (χ3n) is 3.54. The van der Waals surface area contributed by atoms with Crippen molar-refractivity contribution >= 4 is 15.9 Å². The molecule has 0 radical (unpaired) electrons. The monoisotopic (exact) mass is 351 g/mol. The minimum absolute atomic E-state index is 0.0884. The van der Waals surface area contributed by atoms with Gasteiger partial charge in [0.25, 0.3) is 0 Å². The predicted octanol–water partition coefficient (Wildman–Crippen LogP) is 5.01. The molecule has 2 nitrogen and oxygen atoms in total. The van der Waals surface area contributed by atoms with Crippen LogP contribution in [0.2, 0.25) is 0 Å². The van der Waals surface area contributed by atoms with E-state index >= 15 is 0 Å². The Kier molecular flexibility index (Phi) is 5.37. The van der Waals surface area contributed by atoms with Gasteiger partial charge in [0.1, 0.15) is 11.6 Å². The maximum atomic E-state index is 14.1. The zero-order valence-corrected chi connectivity index (χ0v) is 13.9. The fourth-order valence-electron chi connectivity index (χ4n) is 2.30. The Morgan fingerprint density at radius 3 is 2.29 bits per heavy atom. The van der Waals surface area contributed by atoms with Crippen LogP contribution in [0.25, 0.3) is 0 Å². The summed E-state index contributed by atoms with van der Waals surface area (Å²) in [6.45, 7) is 4.03. The molecule has 0 saturated carbocycles. The summed E-state index contributed by atoms with van der Waals surface area (Å²) < 4.78 is 20.1. The molecule has 0 aliphatic carbocycles. The minimum Gasteiger partial charge on any atom is -0.497 e. The zero-order chi connectivity index (χ0) is 15.4. The van der Waals surface area contributed by atoms with E-state index in [9.17, 15) is 4.39 Å². The van der Waals surface area contributed by atoms with Crippen LogP contribution in [0, 0.1) is 5.82 Å². The summed E-state index contributed by atoms with van der Waals surface area (Å²) in [5.41, 5.74) is 1.80. The largest absolute Gasteiger partial charge is 0.497 e. The molecular weight excluding hydrogens is 333 g/mol. The van der Waals surface area contributed by atoms with Crippen LogP contribution in [0.1, 0.15) is 37.1 Å². The third-order valence-corrected chi connectivity index (χ3v) is 4.07.